The molecule has 0 unspecified atom stereocenters. The van der Waals surface area contributed by atoms with Gasteiger partial charge in [-0.1, -0.05) is 0 Å². The number of hydrogen-bond acceptors (Lipinski definition) is 5. The Kier molecular flexibility index (Phi) is 4.97. The molecule has 1 aliphatic rings. The molecule has 0 atom stereocenters. The average Bonchev–Trinajstić information content (AvgIpc) is 2.97. The van der Waals surface area contributed by atoms with Crippen molar-refractivity contribution in [1.82, 2.24) is 15.1 Å². The molecule has 1 N–H and O–H groups in total. The van der Waals surface area contributed by atoms with Crippen LogP contribution in [0.5, 0.6) is 0 Å². The molecule has 1 amide bonds. The third-order valence-corrected chi connectivity index (χ3v) is 4.97. The third kappa shape index (κ3) is 4.33. The van der Waals surface area contributed by atoms with Gasteiger partial charge in [-0.2, -0.15) is 0 Å². The first-order chi connectivity index (χ1) is 11.1. The van der Waals surface area contributed by atoms with E-state index >= 15 is 0 Å². The van der Waals surface area contributed by atoms with Crippen molar-refractivity contribution in [3.63, 3.8) is 0 Å². The lowest BCUT2D eigenvalue weighted by Crippen LogP contribution is -2.38. The van der Waals surface area contributed by atoms with E-state index < -0.39 is 0 Å². The van der Waals surface area contributed by atoms with Crippen molar-refractivity contribution in [2.24, 2.45) is 0 Å². The van der Waals surface area contributed by atoms with E-state index in [0.717, 1.165) is 35.9 Å². The van der Waals surface area contributed by atoms with Gasteiger partial charge in [0.25, 0.3) is 0 Å². The summed E-state index contributed by atoms with van der Waals surface area (Å²) in [6, 6.07) is 5.81. The minimum absolute atomic E-state index is 0.0678. The van der Waals surface area contributed by atoms with E-state index in [-0.39, 0.29) is 11.7 Å². The highest BCUT2D eigenvalue weighted by Gasteiger charge is 2.24. The van der Waals surface area contributed by atoms with Gasteiger partial charge in [0.15, 0.2) is 0 Å². The molecule has 0 aliphatic carbocycles. The van der Waals surface area contributed by atoms with Crippen LogP contribution in [0.15, 0.2) is 24.3 Å². The smallest absolute Gasteiger partial charge is 0.238 e. The number of aromatic nitrogens is 2. The Balaban J connectivity index is 1.46. The minimum atomic E-state index is -0.308. The van der Waals surface area contributed by atoms with Crippen molar-refractivity contribution < 1.29 is 9.18 Å². The minimum Gasteiger partial charge on any atom is -0.325 e. The molecule has 1 fully saturated rings. The number of carbonyl (C=O) groups is 1. The van der Waals surface area contributed by atoms with Crippen molar-refractivity contribution in [2.45, 2.75) is 25.7 Å². The maximum Gasteiger partial charge on any atom is 0.238 e. The fourth-order valence-corrected chi connectivity index (χ4v) is 3.62. The molecule has 0 spiro atoms. The number of nitrogens with one attached hydrogen (secondary N) is 1. The summed E-state index contributed by atoms with van der Waals surface area (Å²) in [5.41, 5.74) is 0.621. The Hall–Kier alpha value is -1.86. The van der Waals surface area contributed by atoms with E-state index in [2.05, 4.69) is 20.4 Å². The highest BCUT2D eigenvalue weighted by Crippen LogP contribution is 2.29. The normalized spacial score (nSPS) is 16.4. The molecule has 3 rings (SSSR count). The zero-order valence-corrected chi connectivity index (χ0v) is 13.8. The van der Waals surface area contributed by atoms with Gasteiger partial charge < -0.3 is 5.32 Å². The van der Waals surface area contributed by atoms with Gasteiger partial charge in [0.2, 0.25) is 5.91 Å². The summed E-state index contributed by atoms with van der Waals surface area (Å²) < 4.78 is 12.8. The van der Waals surface area contributed by atoms with Crippen molar-refractivity contribution in [3.05, 3.63) is 40.1 Å². The Morgan fingerprint density at radius 3 is 2.61 bits per heavy atom. The summed E-state index contributed by atoms with van der Waals surface area (Å²) in [5, 5.41) is 13.2. The summed E-state index contributed by atoms with van der Waals surface area (Å²) in [5.74, 6) is 0.0800. The molecule has 1 saturated heterocycles. The second kappa shape index (κ2) is 7.14. The van der Waals surface area contributed by atoms with Crippen LogP contribution in [0.2, 0.25) is 0 Å². The first-order valence-electron chi connectivity index (χ1n) is 7.68. The highest BCUT2D eigenvalue weighted by molar-refractivity contribution is 7.11. The van der Waals surface area contributed by atoms with Crippen LogP contribution in [0.25, 0.3) is 0 Å². The molecule has 0 bridgehead atoms. The fraction of sp³-hybridized carbons (Fsp3) is 0.438. The van der Waals surface area contributed by atoms with E-state index in [1.165, 1.54) is 12.1 Å². The molecule has 23 heavy (non-hydrogen) atoms. The third-order valence-electron chi connectivity index (χ3n) is 3.97. The van der Waals surface area contributed by atoms with E-state index in [0.29, 0.717) is 18.2 Å². The van der Waals surface area contributed by atoms with E-state index in [9.17, 15) is 9.18 Å². The van der Waals surface area contributed by atoms with E-state index in [1.54, 1.807) is 23.5 Å². The predicted octanol–water partition coefficient (Wildman–Crippen LogP) is 2.80. The number of amides is 1. The largest absolute Gasteiger partial charge is 0.325 e. The highest BCUT2D eigenvalue weighted by atomic mass is 32.1. The van der Waals surface area contributed by atoms with Crippen molar-refractivity contribution in [1.29, 1.82) is 0 Å². The molecule has 0 radical (unpaired) electrons. The maximum absolute atomic E-state index is 12.8. The number of hydrogen-bond donors (Lipinski definition) is 1. The zero-order valence-electron chi connectivity index (χ0n) is 13.0. The molecule has 0 saturated carbocycles. The molecule has 2 heterocycles. The Morgan fingerprint density at radius 1 is 1.30 bits per heavy atom. The number of rotatable bonds is 4. The van der Waals surface area contributed by atoms with Crippen LogP contribution in [0.1, 0.15) is 28.8 Å². The van der Waals surface area contributed by atoms with Crippen LogP contribution in [-0.2, 0) is 4.79 Å². The zero-order chi connectivity index (χ0) is 16.2. The molecular formula is C16H19FN4OS. The summed E-state index contributed by atoms with van der Waals surface area (Å²) in [6.07, 6.45) is 2.00. The first kappa shape index (κ1) is 16.0. The summed E-state index contributed by atoms with van der Waals surface area (Å²) in [6.45, 7) is 4.08. The van der Waals surface area contributed by atoms with Gasteiger partial charge in [-0.25, -0.2) is 4.39 Å². The van der Waals surface area contributed by atoms with Gasteiger partial charge in [0.1, 0.15) is 15.8 Å². The Labute approximate surface area is 138 Å². The summed E-state index contributed by atoms with van der Waals surface area (Å²) in [7, 11) is 0. The lowest BCUT2D eigenvalue weighted by atomic mass is 9.98. The number of nitrogens with zero attached hydrogens (tertiary/aromatic N) is 3. The number of aryl methyl sites for hydroxylation is 1. The molecule has 1 aromatic heterocycles. The van der Waals surface area contributed by atoms with Crippen LogP contribution >= 0.6 is 11.3 Å². The lowest BCUT2D eigenvalue weighted by Gasteiger charge is -2.30. The van der Waals surface area contributed by atoms with Crippen molar-refractivity contribution >= 4 is 22.9 Å². The van der Waals surface area contributed by atoms with Gasteiger partial charge >= 0.3 is 0 Å². The molecule has 122 valence electrons. The number of benzene rings is 1. The molecule has 5 nitrogen and oxygen atoms in total. The Morgan fingerprint density at radius 2 is 2.00 bits per heavy atom. The molecule has 1 aromatic carbocycles. The van der Waals surface area contributed by atoms with Crippen LogP contribution in [0.3, 0.4) is 0 Å². The Bertz CT molecular complexity index is 665. The topological polar surface area (TPSA) is 58.1 Å². The maximum atomic E-state index is 12.8. The quantitative estimate of drug-likeness (QED) is 0.934. The second-order valence-electron chi connectivity index (χ2n) is 5.76. The first-order valence-corrected chi connectivity index (χ1v) is 8.49. The summed E-state index contributed by atoms with van der Waals surface area (Å²) >= 11 is 1.66. The molecular weight excluding hydrogens is 315 g/mol. The number of halogens is 1. The number of piperidine rings is 1. The predicted molar refractivity (Wildman–Crippen MR) is 88.1 cm³/mol. The van der Waals surface area contributed by atoms with Crippen LogP contribution < -0.4 is 5.32 Å². The van der Waals surface area contributed by atoms with Crippen LogP contribution in [-0.4, -0.2) is 40.6 Å². The SMILES string of the molecule is Cc1nnc(C2CCN(CC(=O)Nc3ccc(F)cc3)CC2)s1. The number of likely N-dealkylation sites (tertiary alicyclic amines) is 1. The number of carbonyl (C=O) groups excluding carboxylic acids is 1. The van der Waals surface area contributed by atoms with Crippen molar-refractivity contribution in [3.8, 4) is 0 Å². The monoisotopic (exact) mass is 334 g/mol. The summed E-state index contributed by atoms with van der Waals surface area (Å²) in [4.78, 5) is 14.2. The van der Waals surface area contributed by atoms with Crippen LogP contribution in [0.4, 0.5) is 10.1 Å². The fourth-order valence-electron chi connectivity index (χ4n) is 2.75. The standard InChI is InChI=1S/C16H19FN4OS/c1-11-19-20-16(23-11)12-6-8-21(9-7-12)10-15(22)18-14-4-2-13(17)3-5-14/h2-5,12H,6-10H2,1H3,(H,18,22). The van der Waals surface area contributed by atoms with E-state index in [1.807, 2.05) is 6.92 Å². The van der Waals surface area contributed by atoms with Crippen LogP contribution in [0, 0.1) is 12.7 Å². The molecule has 7 heteroatoms. The number of anilines is 1. The van der Waals surface area contributed by atoms with Gasteiger partial charge in [0.05, 0.1) is 6.54 Å². The lowest BCUT2D eigenvalue weighted by molar-refractivity contribution is -0.117. The van der Waals surface area contributed by atoms with Gasteiger partial charge in [0, 0.05) is 11.6 Å². The van der Waals surface area contributed by atoms with Gasteiger partial charge in [-0.3, -0.25) is 9.69 Å². The van der Waals surface area contributed by atoms with Gasteiger partial charge in [-0.15, -0.1) is 21.5 Å². The molecule has 1 aliphatic heterocycles. The molecule has 2 aromatic rings. The van der Waals surface area contributed by atoms with Gasteiger partial charge in [-0.05, 0) is 57.1 Å². The average molecular weight is 334 g/mol. The van der Waals surface area contributed by atoms with Crippen molar-refractivity contribution in [2.75, 3.05) is 25.0 Å². The van der Waals surface area contributed by atoms with E-state index in [4.69, 9.17) is 0 Å². The second-order valence-corrected chi connectivity index (χ2v) is 6.98.